The monoisotopic (exact) mass is 388 g/mol. The van der Waals surface area contributed by atoms with Crippen LogP contribution in [-0.2, 0) is 4.79 Å². The van der Waals surface area contributed by atoms with E-state index < -0.39 is 11.8 Å². The average molecular weight is 389 g/mol. The first-order chi connectivity index (χ1) is 11.6. The summed E-state index contributed by atoms with van der Waals surface area (Å²) in [6.45, 7) is 2.45. The quantitative estimate of drug-likeness (QED) is 0.609. The van der Waals surface area contributed by atoms with Crippen LogP contribution >= 0.6 is 15.9 Å². The number of hydrogen-bond acceptors (Lipinski definition) is 3. The van der Waals surface area contributed by atoms with Crippen LogP contribution in [0.3, 0.4) is 0 Å². The van der Waals surface area contributed by atoms with Crippen LogP contribution in [0.2, 0.25) is 0 Å². The van der Waals surface area contributed by atoms with Crippen molar-refractivity contribution in [1.82, 2.24) is 10.9 Å². The molecular formula is C18H17BrN2O3. The molecule has 0 atom stereocenters. The van der Waals surface area contributed by atoms with E-state index in [1.807, 2.05) is 31.2 Å². The highest BCUT2D eigenvalue weighted by molar-refractivity contribution is 9.10. The van der Waals surface area contributed by atoms with E-state index >= 15 is 0 Å². The lowest BCUT2D eigenvalue weighted by Gasteiger charge is -2.07. The number of carbonyl (C=O) groups is 2. The summed E-state index contributed by atoms with van der Waals surface area (Å²) in [6.07, 6.45) is 3.00. The molecule has 0 aromatic heterocycles. The maximum Gasteiger partial charge on any atom is 0.269 e. The first-order valence-electron chi connectivity index (χ1n) is 7.36. The van der Waals surface area contributed by atoms with Gasteiger partial charge in [-0.1, -0.05) is 34.1 Å². The molecule has 0 saturated heterocycles. The predicted molar refractivity (Wildman–Crippen MR) is 96.4 cm³/mol. The van der Waals surface area contributed by atoms with E-state index in [9.17, 15) is 9.59 Å². The fraction of sp³-hybridized carbons (Fsp3) is 0.111. The van der Waals surface area contributed by atoms with E-state index in [1.165, 1.54) is 6.08 Å². The molecule has 0 aliphatic heterocycles. The highest BCUT2D eigenvalue weighted by Crippen LogP contribution is 2.16. The summed E-state index contributed by atoms with van der Waals surface area (Å²) in [7, 11) is 0. The summed E-state index contributed by atoms with van der Waals surface area (Å²) in [5.74, 6) is -0.139. The Hall–Kier alpha value is -2.60. The first-order valence-corrected chi connectivity index (χ1v) is 8.15. The number of carbonyl (C=O) groups excluding carboxylic acids is 2. The highest BCUT2D eigenvalue weighted by atomic mass is 79.9. The molecule has 0 radical (unpaired) electrons. The maximum atomic E-state index is 11.9. The minimum atomic E-state index is -0.426. The predicted octanol–water partition coefficient (Wildman–Crippen LogP) is 3.32. The Balaban J connectivity index is 1.87. The molecule has 0 unspecified atom stereocenters. The number of hydrazine groups is 1. The molecule has 0 saturated carbocycles. The fourth-order valence-electron chi connectivity index (χ4n) is 1.88. The highest BCUT2D eigenvalue weighted by Gasteiger charge is 2.06. The molecule has 0 heterocycles. The summed E-state index contributed by atoms with van der Waals surface area (Å²) < 4.78 is 6.19. The van der Waals surface area contributed by atoms with Crippen LogP contribution in [0, 0.1) is 0 Å². The van der Waals surface area contributed by atoms with Crippen LogP contribution in [0.15, 0.2) is 59.1 Å². The number of rotatable bonds is 5. The second-order valence-corrected chi connectivity index (χ2v) is 5.61. The summed E-state index contributed by atoms with van der Waals surface area (Å²) in [6, 6.07) is 14.2. The van der Waals surface area contributed by atoms with Gasteiger partial charge in [0.1, 0.15) is 5.75 Å². The Morgan fingerprint density at radius 3 is 2.46 bits per heavy atom. The van der Waals surface area contributed by atoms with Gasteiger partial charge in [-0.2, -0.15) is 0 Å². The third-order valence-corrected chi connectivity index (χ3v) is 3.77. The molecular weight excluding hydrogens is 372 g/mol. The second-order valence-electron chi connectivity index (χ2n) is 4.76. The summed E-state index contributed by atoms with van der Waals surface area (Å²) in [5.41, 5.74) is 5.99. The van der Waals surface area contributed by atoms with E-state index in [2.05, 4.69) is 26.8 Å². The van der Waals surface area contributed by atoms with Crippen LogP contribution < -0.4 is 15.6 Å². The van der Waals surface area contributed by atoms with Gasteiger partial charge >= 0.3 is 0 Å². The van der Waals surface area contributed by atoms with Crippen molar-refractivity contribution in [3.05, 3.63) is 70.2 Å². The Morgan fingerprint density at radius 2 is 1.79 bits per heavy atom. The van der Waals surface area contributed by atoms with Gasteiger partial charge in [-0.05, 0) is 48.9 Å². The molecule has 2 amide bonds. The van der Waals surface area contributed by atoms with Crippen molar-refractivity contribution < 1.29 is 14.3 Å². The summed E-state index contributed by atoms with van der Waals surface area (Å²) >= 11 is 3.39. The fourth-order valence-corrected chi connectivity index (χ4v) is 2.29. The van der Waals surface area contributed by atoms with Crippen LogP contribution in [0.4, 0.5) is 0 Å². The Kier molecular flexibility index (Phi) is 6.57. The van der Waals surface area contributed by atoms with Crippen molar-refractivity contribution in [1.29, 1.82) is 0 Å². The number of amides is 2. The van der Waals surface area contributed by atoms with Crippen LogP contribution in [-0.4, -0.2) is 18.4 Å². The van der Waals surface area contributed by atoms with E-state index in [4.69, 9.17) is 4.74 Å². The number of benzene rings is 2. The molecule has 0 aliphatic carbocycles. The Labute approximate surface area is 148 Å². The van der Waals surface area contributed by atoms with Crippen LogP contribution in [0.25, 0.3) is 6.08 Å². The van der Waals surface area contributed by atoms with E-state index in [1.54, 1.807) is 30.3 Å². The van der Waals surface area contributed by atoms with Crippen molar-refractivity contribution >= 4 is 33.8 Å². The lowest BCUT2D eigenvalue weighted by Crippen LogP contribution is -2.40. The van der Waals surface area contributed by atoms with Gasteiger partial charge in [-0.15, -0.1) is 0 Å². The molecule has 0 fully saturated rings. The molecule has 2 N–H and O–H groups in total. The van der Waals surface area contributed by atoms with Crippen molar-refractivity contribution in [2.75, 3.05) is 6.61 Å². The zero-order chi connectivity index (χ0) is 17.4. The Morgan fingerprint density at radius 1 is 1.08 bits per heavy atom. The second kappa shape index (κ2) is 8.88. The van der Waals surface area contributed by atoms with Crippen molar-refractivity contribution in [2.45, 2.75) is 6.92 Å². The molecule has 2 aromatic rings. The molecule has 0 aliphatic rings. The zero-order valence-corrected chi connectivity index (χ0v) is 14.7. The molecule has 0 bridgehead atoms. The van der Waals surface area contributed by atoms with Gasteiger partial charge in [0.25, 0.3) is 11.8 Å². The van der Waals surface area contributed by atoms with Crippen molar-refractivity contribution in [3.8, 4) is 5.75 Å². The van der Waals surface area contributed by atoms with Crippen molar-refractivity contribution in [2.24, 2.45) is 0 Å². The third-order valence-electron chi connectivity index (χ3n) is 3.05. The van der Waals surface area contributed by atoms with E-state index in [-0.39, 0.29) is 0 Å². The van der Waals surface area contributed by atoms with Crippen LogP contribution in [0.1, 0.15) is 22.8 Å². The number of nitrogens with one attached hydrogen (secondary N) is 2. The molecule has 2 aromatic carbocycles. The zero-order valence-electron chi connectivity index (χ0n) is 13.1. The van der Waals surface area contributed by atoms with E-state index in [0.717, 1.165) is 10.0 Å². The maximum absolute atomic E-state index is 11.9. The smallest absolute Gasteiger partial charge is 0.269 e. The third kappa shape index (κ3) is 5.24. The number of ether oxygens (including phenoxy) is 1. The van der Waals surface area contributed by atoms with Gasteiger partial charge in [0.15, 0.2) is 0 Å². The minimum Gasteiger partial charge on any atom is -0.494 e. The first kappa shape index (κ1) is 17.7. The average Bonchev–Trinajstić information content (AvgIpc) is 2.60. The molecule has 0 spiro atoms. The summed E-state index contributed by atoms with van der Waals surface area (Å²) in [4.78, 5) is 23.7. The topological polar surface area (TPSA) is 67.4 Å². The van der Waals surface area contributed by atoms with Gasteiger partial charge in [-0.25, -0.2) is 0 Å². The Bertz CT molecular complexity index is 742. The summed E-state index contributed by atoms with van der Waals surface area (Å²) in [5, 5.41) is 0. The normalized spacial score (nSPS) is 10.4. The molecule has 6 heteroatoms. The molecule has 5 nitrogen and oxygen atoms in total. The minimum absolute atomic E-state index is 0.402. The molecule has 124 valence electrons. The lowest BCUT2D eigenvalue weighted by atomic mass is 10.2. The SMILES string of the molecule is CCOc1ccc(C(=O)NNC(=O)/C=C/c2ccccc2Br)cc1. The van der Waals surface area contributed by atoms with Gasteiger partial charge < -0.3 is 4.74 Å². The largest absolute Gasteiger partial charge is 0.494 e. The van der Waals surface area contributed by atoms with Crippen molar-refractivity contribution in [3.63, 3.8) is 0 Å². The number of hydrogen-bond donors (Lipinski definition) is 2. The van der Waals surface area contributed by atoms with Gasteiger partial charge in [0.2, 0.25) is 0 Å². The van der Waals surface area contributed by atoms with E-state index in [0.29, 0.717) is 17.9 Å². The van der Waals surface area contributed by atoms with Gasteiger partial charge in [-0.3, -0.25) is 20.4 Å². The van der Waals surface area contributed by atoms with Gasteiger partial charge in [0, 0.05) is 16.1 Å². The van der Waals surface area contributed by atoms with Crippen LogP contribution in [0.5, 0.6) is 5.75 Å². The lowest BCUT2D eigenvalue weighted by molar-refractivity contribution is -0.117. The standard InChI is InChI=1S/C18H17BrN2O3/c1-2-24-15-10-7-14(8-11-15)18(23)21-20-17(22)12-9-13-5-3-4-6-16(13)19/h3-12H,2H2,1H3,(H,20,22)(H,21,23)/b12-9+. The molecule has 2 rings (SSSR count). The molecule has 24 heavy (non-hydrogen) atoms. The number of halogens is 1. The van der Waals surface area contributed by atoms with Gasteiger partial charge in [0.05, 0.1) is 6.61 Å².